The smallest absolute Gasteiger partial charge is 0.310 e. The van der Waals surface area contributed by atoms with Crippen LogP contribution in [0.3, 0.4) is 0 Å². The molecule has 4 heteroatoms. The molecular formula is C15H18O4. The summed E-state index contributed by atoms with van der Waals surface area (Å²) in [6.07, 6.45) is 1.94. The molecule has 0 atom stereocenters. The van der Waals surface area contributed by atoms with E-state index >= 15 is 0 Å². The predicted octanol–water partition coefficient (Wildman–Crippen LogP) is 3.33. The number of esters is 1. The standard InChI is InChI=1S/C15H18O4/c1-4-17-15(16)7-11-9-18-14-8-12(19-10(2)3)5-6-13(11)14/h5-6,8-10H,4,7H2,1-3H3. The van der Waals surface area contributed by atoms with Crippen molar-refractivity contribution in [2.45, 2.75) is 33.3 Å². The van der Waals surface area contributed by atoms with E-state index in [1.807, 2.05) is 32.0 Å². The van der Waals surface area contributed by atoms with Crippen molar-refractivity contribution in [3.8, 4) is 5.75 Å². The second-order valence-electron chi connectivity index (χ2n) is 4.57. The molecule has 0 radical (unpaired) electrons. The Morgan fingerprint density at radius 3 is 2.84 bits per heavy atom. The number of rotatable bonds is 5. The molecule has 0 spiro atoms. The van der Waals surface area contributed by atoms with Crippen molar-refractivity contribution < 1.29 is 18.7 Å². The number of benzene rings is 1. The molecule has 0 saturated heterocycles. The summed E-state index contributed by atoms with van der Waals surface area (Å²) in [7, 11) is 0. The van der Waals surface area contributed by atoms with Crippen LogP contribution in [0.5, 0.6) is 5.75 Å². The van der Waals surface area contributed by atoms with Crippen molar-refractivity contribution in [1.29, 1.82) is 0 Å². The highest BCUT2D eigenvalue weighted by Gasteiger charge is 2.12. The highest BCUT2D eigenvalue weighted by atomic mass is 16.5. The number of ether oxygens (including phenoxy) is 2. The first-order valence-electron chi connectivity index (χ1n) is 6.42. The third-order valence-electron chi connectivity index (χ3n) is 2.64. The van der Waals surface area contributed by atoms with Gasteiger partial charge in [-0.05, 0) is 32.9 Å². The zero-order valence-electron chi connectivity index (χ0n) is 11.4. The summed E-state index contributed by atoms with van der Waals surface area (Å²) >= 11 is 0. The van der Waals surface area contributed by atoms with Crippen LogP contribution >= 0.6 is 0 Å². The maximum Gasteiger partial charge on any atom is 0.310 e. The molecule has 19 heavy (non-hydrogen) atoms. The Hall–Kier alpha value is -1.97. The first-order valence-corrected chi connectivity index (χ1v) is 6.42. The molecule has 0 aliphatic heterocycles. The monoisotopic (exact) mass is 262 g/mol. The average Bonchev–Trinajstić information content (AvgIpc) is 2.71. The summed E-state index contributed by atoms with van der Waals surface area (Å²) < 4.78 is 16.0. The van der Waals surface area contributed by atoms with E-state index in [0.717, 1.165) is 22.3 Å². The Bertz CT molecular complexity index is 569. The summed E-state index contributed by atoms with van der Waals surface area (Å²) in [6.45, 7) is 6.12. The molecule has 0 amide bonds. The number of carbonyl (C=O) groups is 1. The average molecular weight is 262 g/mol. The van der Waals surface area contributed by atoms with Crippen LogP contribution in [0.4, 0.5) is 0 Å². The van der Waals surface area contributed by atoms with Crippen molar-refractivity contribution >= 4 is 16.9 Å². The summed E-state index contributed by atoms with van der Waals surface area (Å²) in [5.74, 6) is 0.521. The lowest BCUT2D eigenvalue weighted by Crippen LogP contribution is -2.07. The molecule has 1 heterocycles. The van der Waals surface area contributed by atoms with E-state index < -0.39 is 0 Å². The van der Waals surface area contributed by atoms with Gasteiger partial charge in [-0.15, -0.1) is 0 Å². The van der Waals surface area contributed by atoms with Crippen molar-refractivity contribution in [3.05, 3.63) is 30.0 Å². The third kappa shape index (κ3) is 3.28. The Kier molecular flexibility index (Phi) is 4.10. The van der Waals surface area contributed by atoms with Gasteiger partial charge in [-0.3, -0.25) is 4.79 Å². The zero-order chi connectivity index (χ0) is 13.8. The van der Waals surface area contributed by atoms with Gasteiger partial charge in [-0.25, -0.2) is 0 Å². The molecule has 4 nitrogen and oxygen atoms in total. The number of fused-ring (bicyclic) bond motifs is 1. The van der Waals surface area contributed by atoms with Crippen LogP contribution in [0.1, 0.15) is 26.3 Å². The molecular weight excluding hydrogens is 244 g/mol. The first-order chi connectivity index (χ1) is 9.10. The summed E-state index contributed by atoms with van der Waals surface area (Å²) in [5.41, 5.74) is 1.56. The molecule has 2 aromatic rings. The van der Waals surface area contributed by atoms with E-state index in [1.54, 1.807) is 13.2 Å². The number of hydrogen-bond acceptors (Lipinski definition) is 4. The van der Waals surface area contributed by atoms with Crippen LogP contribution in [0.25, 0.3) is 11.0 Å². The van der Waals surface area contributed by atoms with Gasteiger partial charge in [-0.1, -0.05) is 0 Å². The topological polar surface area (TPSA) is 48.7 Å². The molecule has 1 aromatic carbocycles. The van der Waals surface area contributed by atoms with Gasteiger partial charge in [0.25, 0.3) is 0 Å². The lowest BCUT2D eigenvalue weighted by atomic mass is 10.1. The van der Waals surface area contributed by atoms with E-state index in [9.17, 15) is 4.79 Å². The van der Waals surface area contributed by atoms with Crippen molar-refractivity contribution in [1.82, 2.24) is 0 Å². The third-order valence-corrected chi connectivity index (χ3v) is 2.64. The van der Waals surface area contributed by atoms with Gasteiger partial charge in [0.2, 0.25) is 0 Å². The van der Waals surface area contributed by atoms with Gasteiger partial charge in [0.1, 0.15) is 11.3 Å². The molecule has 0 fully saturated rings. The molecule has 0 saturated carbocycles. The maximum atomic E-state index is 11.5. The fourth-order valence-electron chi connectivity index (χ4n) is 1.91. The fourth-order valence-corrected chi connectivity index (χ4v) is 1.91. The van der Waals surface area contributed by atoms with Gasteiger partial charge in [0, 0.05) is 17.0 Å². The Morgan fingerprint density at radius 1 is 1.37 bits per heavy atom. The lowest BCUT2D eigenvalue weighted by Gasteiger charge is -2.08. The van der Waals surface area contributed by atoms with Gasteiger partial charge in [-0.2, -0.15) is 0 Å². The van der Waals surface area contributed by atoms with Crippen molar-refractivity contribution in [2.75, 3.05) is 6.61 Å². The van der Waals surface area contributed by atoms with E-state index in [2.05, 4.69) is 0 Å². The minimum Gasteiger partial charge on any atom is -0.491 e. The lowest BCUT2D eigenvalue weighted by molar-refractivity contribution is -0.142. The number of hydrogen-bond donors (Lipinski definition) is 0. The van der Waals surface area contributed by atoms with Gasteiger partial charge in [0.15, 0.2) is 0 Å². The van der Waals surface area contributed by atoms with E-state index in [-0.39, 0.29) is 18.5 Å². The van der Waals surface area contributed by atoms with Crippen LogP contribution in [0.15, 0.2) is 28.9 Å². The second-order valence-corrected chi connectivity index (χ2v) is 4.57. The zero-order valence-corrected chi connectivity index (χ0v) is 11.4. The maximum absolute atomic E-state index is 11.5. The van der Waals surface area contributed by atoms with Crippen LogP contribution in [0.2, 0.25) is 0 Å². The largest absolute Gasteiger partial charge is 0.491 e. The van der Waals surface area contributed by atoms with E-state index in [1.165, 1.54) is 0 Å². The highest BCUT2D eigenvalue weighted by molar-refractivity contribution is 5.86. The molecule has 1 aromatic heterocycles. The van der Waals surface area contributed by atoms with Crippen LogP contribution in [-0.2, 0) is 16.0 Å². The van der Waals surface area contributed by atoms with Gasteiger partial charge < -0.3 is 13.9 Å². The second kappa shape index (κ2) is 5.78. The van der Waals surface area contributed by atoms with Crippen molar-refractivity contribution in [3.63, 3.8) is 0 Å². The van der Waals surface area contributed by atoms with E-state index in [0.29, 0.717) is 6.61 Å². The van der Waals surface area contributed by atoms with Gasteiger partial charge in [0.05, 0.1) is 25.4 Å². The normalized spacial score (nSPS) is 10.9. The van der Waals surface area contributed by atoms with Gasteiger partial charge >= 0.3 is 5.97 Å². The molecule has 102 valence electrons. The Balaban J connectivity index is 2.21. The number of furan rings is 1. The fraction of sp³-hybridized carbons (Fsp3) is 0.400. The quantitative estimate of drug-likeness (QED) is 0.775. The molecule has 0 unspecified atom stereocenters. The molecule has 0 aliphatic carbocycles. The molecule has 0 aliphatic rings. The van der Waals surface area contributed by atoms with E-state index in [4.69, 9.17) is 13.9 Å². The molecule has 0 N–H and O–H groups in total. The summed E-state index contributed by atoms with van der Waals surface area (Å²) in [4.78, 5) is 11.5. The minimum absolute atomic E-state index is 0.117. The number of carbonyl (C=O) groups excluding carboxylic acids is 1. The summed E-state index contributed by atoms with van der Waals surface area (Å²) in [6, 6.07) is 5.63. The molecule has 2 rings (SSSR count). The first kappa shape index (κ1) is 13.5. The summed E-state index contributed by atoms with van der Waals surface area (Å²) in [5, 5.41) is 0.921. The highest BCUT2D eigenvalue weighted by Crippen LogP contribution is 2.26. The molecule has 0 bridgehead atoms. The predicted molar refractivity (Wildman–Crippen MR) is 72.3 cm³/mol. The van der Waals surface area contributed by atoms with Crippen LogP contribution in [0, 0.1) is 0 Å². The Labute approximate surface area is 112 Å². The van der Waals surface area contributed by atoms with Crippen LogP contribution in [-0.4, -0.2) is 18.7 Å². The van der Waals surface area contributed by atoms with Crippen LogP contribution < -0.4 is 4.74 Å². The Morgan fingerprint density at radius 2 is 2.16 bits per heavy atom. The van der Waals surface area contributed by atoms with Crippen molar-refractivity contribution in [2.24, 2.45) is 0 Å². The minimum atomic E-state index is -0.243. The SMILES string of the molecule is CCOC(=O)Cc1coc2cc(OC(C)C)ccc12.